The molecule has 2 bridgehead atoms. The summed E-state index contributed by atoms with van der Waals surface area (Å²) in [5, 5.41) is 0. The molecule has 0 saturated heterocycles. The van der Waals surface area contributed by atoms with Gasteiger partial charge in [0.05, 0.1) is 0 Å². The molecule has 3 aliphatic rings. The van der Waals surface area contributed by atoms with E-state index in [1.54, 1.807) is 11.1 Å². The zero-order chi connectivity index (χ0) is 25.9. The third-order valence-electron chi connectivity index (χ3n) is 9.01. The Labute approximate surface area is 238 Å². The van der Waals surface area contributed by atoms with Crippen molar-refractivity contribution < 1.29 is 0 Å². The summed E-state index contributed by atoms with van der Waals surface area (Å²) in [6, 6.07) is 29.2. The molecule has 7 rings (SSSR count). The number of fused-ring (bicyclic) bond motifs is 2. The minimum atomic E-state index is 0.324. The summed E-state index contributed by atoms with van der Waals surface area (Å²) < 4.78 is 2.16. The van der Waals surface area contributed by atoms with Gasteiger partial charge in [-0.15, -0.1) is 0 Å². The van der Waals surface area contributed by atoms with Crippen molar-refractivity contribution in [1.29, 1.82) is 0 Å². The van der Waals surface area contributed by atoms with Gasteiger partial charge in [0.1, 0.15) is 0 Å². The summed E-state index contributed by atoms with van der Waals surface area (Å²) >= 11 is 7.19. The minimum absolute atomic E-state index is 0.324. The van der Waals surface area contributed by atoms with Crippen molar-refractivity contribution in [2.24, 2.45) is 0 Å². The quantitative estimate of drug-likeness (QED) is 0.221. The van der Waals surface area contributed by atoms with E-state index in [9.17, 15) is 0 Å². The summed E-state index contributed by atoms with van der Waals surface area (Å²) in [5.74, 6) is 0. The van der Waals surface area contributed by atoms with Crippen LogP contribution in [0, 0.1) is 13.8 Å². The molecule has 37 heavy (non-hydrogen) atoms. The van der Waals surface area contributed by atoms with Crippen LogP contribution in [0.2, 0.25) is 0 Å². The monoisotopic (exact) mass is 613 g/mol. The van der Waals surface area contributed by atoms with Gasteiger partial charge in [0, 0.05) is 26.0 Å². The molecule has 0 aromatic heterocycles. The highest BCUT2D eigenvalue weighted by Crippen LogP contribution is 2.57. The van der Waals surface area contributed by atoms with Crippen LogP contribution in [-0.2, 0) is 10.8 Å². The predicted octanol–water partition coefficient (Wildman–Crippen LogP) is 11.1. The van der Waals surface area contributed by atoms with Crippen molar-refractivity contribution in [3.05, 3.63) is 110 Å². The van der Waals surface area contributed by atoms with Crippen LogP contribution in [0.1, 0.15) is 61.8 Å². The van der Waals surface area contributed by atoms with Crippen molar-refractivity contribution in [1.82, 2.24) is 0 Å². The van der Waals surface area contributed by atoms with Crippen LogP contribution in [0.4, 0.5) is 17.1 Å². The van der Waals surface area contributed by atoms with Crippen LogP contribution < -0.4 is 4.90 Å². The fourth-order valence-corrected chi connectivity index (χ4v) is 7.30. The lowest BCUT2D eigenvalue weighted by atomic mass is 9.52. The number of hydrogen-bond donors (Lipinski definition) is 0. The Morgan fingerprint density at radius 2 is 1.03 bits per heavy atom. The molecule has 0 N–H and O–H groups in total. The highest BCUT2D eigenvalue weighted by atomic mass is 79.9. The Morgan fingerprint density at radius 1 is 0.568 bits per heavy atom. The largest absolute Gasteiger partial charge is 0.310 e. The molecule has 3 aliphatic carbocycles. The zero-order valence-corrected chi connectivity index (χ0v) is 25.2. The van der Waals surface area contributed by atoms with Gasteiger partial charge in [0.15, 0.2) is 0 Å². The molecule has 0 atom stereocenters. The van der Waals surface area contributed by atoms with Crippen LogP contribution in [0.25, 0.3) is 11.1 Å². The number of halogens is 2. The average molecular weight is 615 g/mol. The van der Waals surface area contributed by atoms with Gasteiger partial charge in [-0.2, -0.15) is 0 Å². The van der Waals surface area contributed by atoms with Crippen molar-refractivity contribution >= 4 is 48.9 Å². The van der Waals surface area contributed by atoms with Gasteiger partial charge in [-0.1, -0.05) is 63.9 Å². The topological polar surface area (TPSA) is 3.24 Å². The second kappa shape index (κ2) is 9.13. The first-order valence-electron chi connectivity index (χ1n) is 13.2. The third kappa shape index (κ3) is 4.29. The average Bonchev–Trinajstić information content (AvgIpc) is 2.88. The molecule has 1 fully saturated rings. The van der Waals surface area contributed by atoms with Gasteiger partial charge >= 0.3 is 0 Å². The number of aryl methyl sites for hydroxylation is 2. The van der Waals surface area contributed by atoms with E-state index in [-0.39, 0.29) is 0 Å². The first kappa shape index (κ1) is 24.9. The molecule has 3 heteroatoms. The van der Waals surface area contributed by atoms with Gasteiger partial charge in [0.25, 0.3) is 0 Å². The summed E-state index contributed by atoms with van der Waals surface area (Å²) in [7, 11) is 0. The molecular weight excluding hydrogens is 582 g/mol. The first-order chi connectivity index (χ1) is 17.7. The fraction of sp³-hybridized carbons (Fsp3) is 0.294. The molecule has 4 aromatic rings. The maximum Gasteiger partial charge on any atom is 0.0467 e. The summed E-state index contributed by atoms with van der Waals surface area (Å²) in [6.45, 7) is 9.50. The zero-order valence-electron chi connectivity index (χ0n) is 22.0. The lowest BCUT2D eigenvalue weighted by molar-refractivity contribution is 0.188. The van der Waals surface area contributed by atoms with E-state index >= 15 is 0 Å². The third-order valence-corrected chi connectivity index (χ3v) is 10.1. The molecule has 0 radical (unpaired) electrons. The van der Waals surface area contributed by atoms with E-state index in [0.29, 0.717) is 10.8 Å². The molecule has 0 unspecified atom stereocenters. The first-order valence-corrected chi connectivity index (χ1v) is 14.8. The second-order valence-electron chi connectivity index (χ2n) is 11.6. The van der Waals surface area contributed by atoms with E-state index in [2.05, 4.69) is 143 Å². The lowest BCUT2D eigenvalue weighted by Crippen LogP contribution is -2.44. The molecule has 188 valence electrons. The van der Waals surface area contributed by atoms with Gasteiger partial charge in [-0.25, -0.2) is 0 Å². The number of anilines is 3. The van der Waals surface area contributed by atoms with Crippen LogP contribution in [0.5, 0.6) is 0 Å². The van der Waals surface area contributed by atoms with E-state index in [1.807, 2.05) is 0 Å². The summed E-state index contributed by atoms with van der Waals surface area (Å²) in [6.07, 6.45) is 5.27. The molecule has 1 nitrogen and oxygen atoms in total. The van der Waals surface area contributed by atoms with Gasteiger partial charge < -0.3 is 4.90 Å². The Hall–Kier alpha value is -2.36. The Morgan fingerprint density at radius 3 is 1.51 bits per heavy atom. The molecule has 0 heterocycles. The summed E-state index contributed by atoms with van der Waals surface area (Å²) in [5.41, 5.74) is 12.7. The van der Waals surface area contributed by atoms with Crippen molar-refractivity contribution in [2.75, 3.05) is 4.90 Å². The molecule has 0 aliphatic heterocycles. The van der Waals surface area contributed by atoms with Crippen LogP contribution >= 0.6 is 31.9 Å². The molecule has 0 amide bonds. The molecule has 4 aromatic carbocycles. The highest BCUT2D eigenvalue weighted by molar-refractivity contribution is 9.10. The SMILES string of the molecule is Cc1cc(N(c2ccc(Br)cc2)c2ccc(Br)cc2)cc(C)c1-c1ccc2c(c1)C1(C)CCC2(C)CC1. The van der Waals surface area contributed by atoms with Crippen LogP contribution in [0.15, 0.2) is 87.8 Å². The van der Waals surface area contributed by atoms with Crippen LogP contribution in [-0.4, -0.2) is 0 Å². The predicted molar refractivity (Wildman–Crippen MR) is 165 cm³/mol. The Balaban J connectivity index is 1.46. The van der Waals surface area contributed by atoms with Gasteiger partial charge in [0.2, 0.25) is 0 Å². The smallest absolute Gasteiger partial charge is 0.0467 e. The fourth-order valence-electron chi connectivity index (χ4n) is 6.77. The van der Waals surface area contributed by atoms with E-state index in [1.165, 1.54) is 53.6 Å². The second-order valence-corrected chi connectivity index (χ2v) is 13.5. The molecule has 0 spiro atoms. The maximum atomic E-state index is 3.60. The van der Waals surface area contributed by atoms with E-state index in [0.717, 1.165) is 20.3 Å². The Bertz CT molecular complexity index is 1410. The number of hydrogen-bond acceptors (Lipinski definition) is 1. The molecular formula is C34H33Br2N. The maximum absolute atomic E-state index is 3.60. The van der Waals surface area contributed by atoms with Crippen molar-refractivity contribution in [3.63, 3.8) is 0 Å². The van der Waals surface area contributed by atoms with Gasteiger partial charge in [-0.3, -0.25) is 0 Å². The van der Waals surface area contributed by atoms with Gasteiger partial charge in [-0.05, 0) is 144 Å². The van der Waals surface area contributed by atoms with Crippen molar-refractivity contribution in [3.8, 4) is 11.1 Å². The van der Waals surface area contributed by atoms with Crippen LogP contribution in [0.3, 0.4) is 0 Å². The van der Waals surface area contributed by atoms with Crippen molar-refractivity contribution in [2.45, 2.75) is 64.2 Å². The Kier molecular flexibility index (Phi) is 6.16. The molecule has 1 saturated carbocycles. The standard InChI is InChI=1S/C34H33Br2N/c1-22-19-29(37(27-10-6-25(35)7-11-27)28-12-8-26(36)9-13-28)20-23(2)32(22)24-5-14-30-31(21-24)34(4)17-15-33(30,3)16-18-34/h5-14,19-21H,15-18H2,1-4H3. The number of benzene rings is 4. The minimum Gasteiger partial charge on any atom is -0.310 e. The number of nitrogens with zero attached hydrogens (tertiary/aromatic N) is 1. The summed E-state index contributed by atoms with van der Waals surface area (Å²) in [4.78, 5) is 2.34. The highest BCUT2D eigenvalue weighted by Gasteiger charge is 2.47. The van der Waals surface area contributed by atoms with E-state index < -0.39 is 0 Å². The normalized spacial score (nSPS) is 22.1. The lowest BCUT2D eigenvalue weighted by Gasteiger charge is -2.52. The number of rotatable bonds is 4. The van der Waals surface area contributed by atoms with E-state index in [4.69, 9.17) is 0 Å².